The molecule has 1 aromatic carbocycles. The van der Waals surface area contributed by atoms with Gasteiger partial charge in [-0.05, 0) is 35.9 Å². The van der Waals surface area contributed by atoms with E-state index in [9.17, 15) is 0 Å². The van der Waals surface area contributed by atoms with Crippen molar-refractivity contribution in [1.29, 1.82) is 0 Å². The van der Waals surface area contributed by atoms with E-state index in [1.54, 1.807) is 0 Å². The molecule has 0 aliphatic carbocycles. The van der Waals surface area contributed by atoms with Gasteiger partial charge in [-0.1, -0.05) is 12.1 Å². The summed E-state index contributed by atoms with van der Waals surface area (Å²) in [6, 6.07) is 10.0. The minimum atomic E-state index is 0.877. The highest BCUT2D eigenvalue weighted by atomic mass is 14.9. The average molecular weight is 209 g/mol. The summed E-state index contributed by atoms with van der Waals surface area (Å²) in [5.41, 5.74) is 3.20. The van der Waals surface area contributed by atoms with Gasteiger partial charge < -0.3 is 9.97 Å². The summed E-state index contributed by atoms with van der Waals surface area (Å²) in [6.45, 7) is 0. The van der Waals surface area contributed by atoms with Crippen LogP contribution >= 0.6 is 0 Å². The van der Waals surface area contributed by atoms with E-state index >= 15 is 0 Å². The Morgan fingerprint density at radius 1 is 1.06 bits per heavy atom. The predicted molar refractivity (Wildman–Crippen MR) is 65.8 cm³/mol. The maximum atomic E-state index is 4.46. The Hall–Kier alpha value is -2.29. The van der Waals surface area contributed by atoms with Crippen LogP contribution in [-0.4, -0.2) is 15.0 Å². The van der Waals surface area contributed by atoms with Gasteiger partial charge in [-0.2, -0.15) is 0 Å². The zero-order valence-electron chi connectivity index (χ0n) is 8.64. The normalized spacial score (nSPS) is 11.5. The molecule has 0 amide bonds. The summed E-state index contributed by atoms with van der Waals surface area (Å²) in [4.78, 5) is 10.7. The van der Waals surface area contributed by atoms with Gasteiger partial charge in [0.15, 0.2) is 0 Å². The number of rotatable bonds is 2. The Labute approximate surface area is 92.8 Å². The Bertz CT molecular complexity index is 584. The van der Waals surface area contributed by atoms with Crippen LogP contribution in [0.4, 0.5) is 0 Å². The molecular formula is C13H11N3. The van der Waals surface area contributed by atoms with Crippen molar-refractivity contribution in [2.24, 2.45) is 0 Å². The molecule has 0 saturated carbocycles. The third-order valence-electron chi connectivity index (χ3n) is 2.46. The van der Waals surface area contributed by atoms with E-state index in [1.807, 2.05) is 54.9 Å². The molecule has 3 aromatic rings. The molecule has 0 fully saturated rings. The number of aromatic nitrogens is 3. The van der Waals surface area contributed by atoms with Crippen LogP contribution in [0.1, 0.15) is 11.4 Å². The SMILES string of the molecule is C(=C\c1nc2ccccc2[nH]1)/c1cc[nH]c1. The molecule has 0 bridgehead atoms. The fourth-order valence-electron chi connectivity index (χ4n) is 1.67. The van der Waals surface area contributed by atoms with Crippen LogP contribution in [0.2, 0.25) is 0 Å². The van der Waals surface area contributed by atoms with Gasteiger partial charge in [-0.3, -0.25) is 0 Å². The van der Waals surface area contributed by atoms with Crippen molar-refractivity contribution in [3.05, 3.63) is 54.1 Å². The lowest BCUT2D eigenvalue weighted by atomic mass is 10.3. The van der Waals surface area contributed by atoms with Crippen LogP contribution in [0, 0.1) is 0 Å². The van der Waals surface area contributed by atoms with Crippen molar-refractivity contribution < 1.29 is 0 Å². The van der Waals surface area contributed by atoms with Crippen LogP contribution < -0.4 is 0 Å². The minimum Gasteiger partial charge on any atom is -0.367 e. The highest BCUT2D eigenvalue weighted by molar-refractivity contribution is 5.78. The van der Waals surface area contributed by atoms with Crippen molar-refractivity contribution in [3.8, 4) is 0 Å². The van der Waals surface area contributed by atoms with Crippen LogP contribution in [0.3, 0.4) is 0 Å². The molecule has 0 spiro atoms. The van der Waals surface area contributed by atoms with Crippen LogP contribution in [-0.2, 0) is 0 Å². The number of fused-ring (bicyclic) bond motifs is 1. The second-order valence-corrected chi connectivity index (χ2v) is 3.62. The van der Waals surface area contributed by atoms with Gasteiger partial charge in [0.1, 0.15) is 5.82 Å². The van der Waals surface area contributed by atoms with E-state index in [0.717, 1.165) is 22.4 Å². The minimum absolute atomic E-state index is 0.877. The van der Waals surface area contributed by atoms with Crippen LogP contribution in [0.25, 0.3) is 23.2 Å². The first kappa shape index (κ1) is 8.97. The van der Waals surface area contributed by atoms with E-state index in [4.69, 9.17) is 0 Å². The molecule has 3 nitrogen and oxygen atoms in total. The van der Waals surface area contributed by atoms with Gasteiger partial charge in [0.25, 0.3) is 0 Å². The standard InChI is InChI=1S/C13H11N3/c1-2-4-12-11(3-1)15-13(16-12)6-5-10-7-8-14-9-10/h1-9,14H,(H,15,16)/b6-5+. The molecule has 16 heavy (non-hydrogen) atoms. The molecule has 0 saturated heterocycles. The Morgan fingerprint density at radius 2 is 2.00 bits per heavy atom. The van der Waals surface area contributed by atoms with E-state index in [2.05, 4.69) is 15.0 Å². The van der Waals surface area contributed by atoms with Gasteiger partial charge in [0.05, 0.1) is 11.0 Å². The molecule has 2 N–H and O–H groups in total. The Balaban J connectivity index is 1.95. The number of nitrogens with one attached hydrogen (secondary N) is 2. The van der Waals surface area contributed by atoms with Crippen molar-refractivity contribution in [2.45, 2.75) is 0 Å². The van der Waals surface area contributed by atoms with Crippen LogP contribution in [0.5, 0.6) is 0 Å². The molecule has 0 radical (unpaired) electrons. The summed E-state index contributed by atoms with van der Waals surface area (Å²) < 4.78 is 0. The lowest BCUT2D eigenvalue weighted by Gasteiger charge is -1.83. The maximum Gasteiger partial charge on any atom is 0.131 e. The van der Waals surface area contributed by atoms with E-state index in [-0.39, 0.29) is 0 Å². The quantitative estimate of drug-likeness (QED) is 0.669. The Kier molecular flexibility index (Phi) is 2.07. The number of benzene rings is 1. The summed E-state index contributed by atoms with van der Waals surface area (Å²) >= 11 is 0. The van der Waals surface area contributed by atoms with Crippen LogP contribution in [0.15, 0.2) is 42.7 Å². The zero-order valence-corrected chi connectivity index (χ0v) is 8.64. The molecule has 78 valence electrons. The maximum absolute atomic E-state index is 4.46. The highest BCUT2D eigenvalue weighted by Gasteiger charge is 1.97. The molecule has 0 atom stereocenters. The number of nitrogens with zero attached hydrogens (tertiary/aromatic N) is 1. The van der Waals surface area contributed by atoms with Crippen molar-refractivity contribution in [2.75, 3.05) is 0 Å². The fourth-order valence-corrected chi connectivity index (χ4v) is 1.67. The highest BCUT2D eigenvalue weighted by Crippen LogP contribution is 2.12. The topological polar surface area (TPSA) is 44.5 Å². The van der Waals surface area contributed by atoms with Gasteiger partial charge in [0, 0.05) is 12.4 Å². The number of imidazole rings is 1. The molecule has 3 heteroatoms. The fraction of sp³-hybridized carbons (Fsp3) is 0. The summed E-state index contributed by atoms with van der Waals surface area (Å²) in [5.74, 6) is 0.877. The lowest BCUT2D eigenvalue weighted by Crippen LogP contribution is -1.72. The van der Waals surface area contributed by atoms with Gasteiger partial charge >= 0.3 is 0 Å². The van der Waals surface area contributed by atoms with Gasteiger partial charge in [0.2, 0.25) is 0 Å². The number of hydrogen-bond acceptors (Lipinski definition) is 1. The summed E-state index contributed by atoms with van der Waals surface area (Å²) in [5, 5.41) is 0. The molecule has 0 aliphatic heterocycles. The second-order valence-electron chi connectivity index (χ2n) is 3.62. The second kappa shape index (κ2) is 3.70. The van der Waals surface area contributed by atoms with E-state index < -0.39 is 0 Å². The van der Waals surface area contributed by atoms with Crippen molar-refractivity contribution in [3.63, 3.8) is 0 Å². The number of aromatic amines is 2. The van der Waals surface area contributed by atoms with E-state index in [0.29, 0.717) is 0 Å². The Morgan fingerprint density at radius 3 is 2.81 bits per heavy atom. The monoisotopic (exact) mass is 209 g/mol. The molecule has 3 rings (SSSR count). The first-order valence-corrected chi connectivity index (χ1v) is 5.17. The number of para-hydroxylation sites is 2. The lowest BCUT2D eigenvalue weighted by molar-refractivity contribution is 1.29. The smallest absolute Gasteiger partial charge is 0.131 e. The van der Waals surface area contributed by atoms with Gasteiger partial charge in [-0.15, -0.1) is 0 Å². The third kappa shape index (κ3) is 1.63. The first-order valence-electron chi connectivity index (χ1n) is 5.17. The zero-order chi connectivity index (χ0) is 10.8. The number of H-pyrrole nitrogens is 2. The average Bonchev–Trinajstić information content (AvgIpc) is 2.95. The van der Waals surface area contributed by atoms with Gasteiger partial charge in [-0.25, -0.2) is 4.98 Å². The third-order valence-corrected chi connectivity index (χ3v) is 2.46. The van der Waals surface area contributed by atoms with Crippen molar-refractivity contribution in [1.82, 2.24) is 15.0 Å². The predicted octanol–water partition coefficient (Wildman–Crippen LogP) is 3.06. The number of hydrogen-bond donors (Lipinski definition) is 2. The molecule has 2 heterocycles. The molecule has 2 aromatic heterocycles. The molecule has 0 aliphatic rings. The molecule has 0 unspecified atom stereocenters. The summed E-state index contributed by atoms with van der Waals surface area (Å²) in [7, 11) is 0. The largest absolute Gasteiger partial charge is 0.367 e. The molecular weight excluding hydrogens is 198 g/mol. The van der Waals surface area contributed by atoms with Crippen molar-refractivity contribution >= 4 is 23.2 Å². The first-order chi connectivity index (χ1) is 7.92. The summed E-state index contributed by atoms with van der Waals surface area (Å²) in [6.07, 6.45) is 7.84. The van der Waals surface area contributed by atoms with E-state index in [1.165, 1.54) is 0 Å².